The number of benzene rings is 1. The van der Waals surface area contributed by atoms with Gasteiger partial charge >= 0.3 is 11.9 Å². The van der Waals surface area contributed by atoms with Crippen molar-refractivity contribution < 1.29 is 28.8 Å². The fraction of sp³-hybridized carbons (Fsp3) is 0.538. The van der Waals surface area contributed by atoms with Crippen LogP contribution in [0.1, 0.15) is 66.9 Å². The van der Waals surface area contributed by atoms with E-state index in [1.54, 1.807) is 61.5 Å². The number of nitro groups is 1. The van der Waals surface area contributed by atoms with Crippen molar-refractivity contribution in [2.45, 2.75) is 73.0 Å². The van der Waals surface area contributed by atoms with Crippen LogP contribution in [-0.2, 0) is 23.9 Å². The van der Waals surface area contributed by atoms with Gasteiger partial charge in [-0.2, -0.15) is 0 Å². The van der Waals surface area contributed by atoms with Crippen molar-refractivity contribution in [3.63, 3.8) is 0 Å². The fourth-order valence-electron chi connectivity index (χ4n) is 4.14. The summed E-state index contributed by atoms with van der Waals surface area (Å²) in [7, 11) is 0. The average molecular weight is 502 g/mol. The first-order valence-corrected chi connectivity index (χ1v) is 11.9. The van der Waals surface area contributed by atoms with Crippen LogP contribution in [0.3, 0.4) is 0 Å². The summed E-state index contributed by atoms with van der Waals surface area (Å²) in [5.74, 6) is -3.98. The number of aliphatic imine (C=N–C) groups is 1. The Balaban J connectivity index is 2.61. The van der Waals surface area contributed by atoms with Crippen LogP contribution in [0.15, 0.2) is 40.5 Å². The van der Waals surface area contributed by atoms with Crippen LogP contribution >= 0.6 is 0 Å². The Bertz CT molecular complexity index is 1100. The van der Waals surface area contributed by atoms with Gasteiger partial charge in [0, 0.05) is 35.0 Å². The Hall–Kier alpha value is -3.56. The highest BCUT2D eigenvalue weighted by Crippen LogP contribution is 2.40. The van der Waals surface area contributed by atoms with Gasteiger partial charge < -0.3 is 14.8 Å². The smallest absolute Gasteiger partial charge is 0.329 e. The molecule has 36 heavy (non-hydrogen) atoms. The summed E-state index contributed by atoms with van der Waals surface area (Å²) in [5.41, 5.74) is 0.353. The molecule has 1 aromatic carbocycles. The molecular formula is C26H35N3O7. The summed E-state index contributed by atoms with van der Waals surface area (Å²) in [6, 6.07) is 4.83. The first-order valence-electron chi connectivity index (χ1n) is 11.9. The molecule has 1 N–H and O–H groups in total. The van der Waals surface area contributed by atoms with Gasteiger partial charge in [-0.15, -0.1) is 0 Å². The molecule has 10 nitrogen and oxygen atoms in total. The van der Waals surface area contributed by atoms with Crippen LogP contribution < -0.4 is 5.32 Å². The fourth-order valence-corrected chi connectivity index (χ4v) is 4.14. The van der Waals surface area contributed by atoms with Crippen LogP contribution in [0, 0.1) is 22.0 Å². The number of carbonyl (C=O) groups is 3. The van der Waals surface area contributed by atoms with Crippen LogP contribution in [0.2, 0.25) is 0 Å². The number of nitrogens with one attached hydrogen (secondary N) is 1. The molecule has 0 bridgehead atoms. The molecule has 0 aromatic heterocycles. The summed E-state index contributed by atoms with van der Waals surface area (Å²) >= 11 is 0. The number of nitro benzene ring substituents is 1. The van der Waals surface area contributed by atoms with Crippen molar-refractivity contribution in [3.05, 3.63) is 51.2 Å². The highest BCUT2D eigenvalue weighted by molar-refractivity contribution is 6.08. The summed E-state index contributed by atoms with van der Waals surface area (Å²) in [6.45, 7) is 13.8. The molecular weight excluding hydrogens is 466 g/mol. The van der Waals surface area contributed by atoms with E-state index in [4.69, 9.17) is 9.47 Å². The summed E-state index contributed by atoms with van der Waals surface area (Å²) in [4.78, 5) is 54.9. The van der Waals surface area contributed by atoms with Gasteiger partial charge in [0.1, 0.15) is 17.6 Å². The molecule has 0 aliphatic carbocycles. The molecule has 1 aliphatic heterocycles. The number of nitrogens with zero attached hydrogens (tertiary/aromatic N) is 2. The quantitative estimate of drug-likeness (QED) is 0.322. The van der Waals surface area contributed by atoms with Crippen LogP contribution in [0.4, 0.5) is 5.69 Å². The van der Waals surface area contributed by atoms with Crippen LogP contribution in [0.25, 0.3) is 0 Å². The van der Waals surface area contributed by atoms with Gasteiger partial charge in [0.05, 0.1) is 11.5 Å². The lowest BCUT2D eigenvalue weighted by Gasteiger charge is -2.33. The second-order valence-corrected chi connectivity index (χ2v) is 10.0. The molecule has 0 spiro atoms. The van der Waals surface area contributed by atoms with E-state index in [9.17, 15) is 24.5 Å². The number of hydrogen-bond acceptors (Lipinski definition) is 8. The van der Waals surface area contributed by atoms with E-state index in [0.717, 1.165) is 0 Å². The van der Waals surface area contributed by atoms with Gasteiger partial charge in [-0.1, -0.05) is 26.0 Å². The first kappa shape index (κ1) is 28.7. The van der Waals surface area contributed by atoms with Crippen molar-refractivity contribution in [1.82, 2.24) is 5.32 Å². The van der Waals surface area contributed by atoms with Crippen molar-refractivity contribution >= 4 is 29.2 Å². The topological polar surface area (TPSA) is 137 Å². The van der Waals surface area contributed by atoms with E-state index < -0.39 is 46.2 Å². The molecule has 0 fully saturated rings. The Morgan fingerprint density at radius 3 is 2.36 bits per heavy atom. The molecule has 3 atom stereocenters. The van der Waals surface area contributed by atoms with E-state index in [1.807, 2.05) is 0 Å². The van der Waals surface area contributed by atoms with Crippen molar-refractivity contribution in [2.24, 2.45) is 16.8 Å². The minimum absolute atomic E-state index is 0.114. The predicted octanol–water partition coefficient (Wildman–Crippen LogP) is 4.09. The maximum absolute atomic E-state index is 13.7. The third-order valence-electron chi connectivity index (χ3n) is 5.67. The molecule has 1 amide bonds. The minimum atomic E-state index is -0.976. The number of hydrogen-bond donors (Lipinski definition) is 1. The van der Waals surface area contributed by atoms with Gasteiger partial charge in [-0.3, -0.25) is 24.7 Å². The number of rotatable bonds is 8. The molecule has 196 valence electrons. The normalized spacial score (nSPS) is 18.9. The molecule has 1 aliphatic rings. The Labute approximate surface area is 211 Å². The predicted molar refractivity (Wildman–Crippen MR) is 134 cm³/mol. The minimum Gasteiger partial charge on any atom is -0.465 e. The maximum atomic E-state index is 13.7. The average Bonchev–Trinajstić information content (AvgIpc) is 2.75. The van der Waals surface area contributed by atoms with Crippen molar-refractivity contribution in [1.29, 1.82) is 0 Å². The van der Waals surface area contributed by atoms with E-state index in [2.05, 4.69) is 10.3 Å². The highest BCUT2D eigenvalue weighted by Gasteiger charge is 2.43. The molecule has 0 saturated carbocycles. The summed E-state index contributed by atoms with van der Waals surface area (Å²) in [5, 5.41) is 14.2. The van der Waals surface area contributed by atoms with Crippen molar-refractivity contribution in [3.8, 4) is 0 Å². The van der Waals surface area contributed by atoms with Gasteiger partial charge in [0.25, 0.3) is 5.69 Å². The number of allylic oxidation sites excluding steroid dienone is 1. The van der Waals surface area contributed by atoms with E-state index >= 15 is 0 Å². The zero-order valence-corrected chi connectivity index (χ0v) is 22.1. The van der Waals surface area contributed by atoms with Gasteiger partial charge in [-0.05, 0) is 53.0 Å². The largest absolute Gasteiger partial charge is 0.465 e. The Morgan fingerprint density at radius 2 is 1.83 bits per heavy atom. The van der Waals surface area contributed by atoms with E-state index in [1.165, 1.54) is 18.2 Å². The second kappa shape index (κ2) is 11.5. The molecule has 2 unspecified atom stereocenters. The van der Waals surface area contributed by atoms with Gasteiger partial charge in [0.2, 0.25) is 5.91 Å². The highest BCUT2D eigenvalue weighted by atomic mass is 16.6. The Kier molecular flexibility index (Phi) is 9.12. The Morgan fingerprint density at radius 1 is 1.19 bits per heavy atom. The first-order chi connectivity index (χ1) is 16.7. The number of carbonyl (C=O) groups excluding carboxylic acids is 3. The third kappa shape index (κ3) is 6.77. The molecule has 0 saturated heterocycles. The summed E-state index contributed by atoms with van der Waals surface area (Å²) in [6.07, 6.45) is 0. The summed E-state index contributed by atoms with van der Waals surface area (Å²) < 4.78 is 10.8. The van der Waals surface area contributed by atoms with E-state index in [-0.39, 0.29) is 23.8 Å². The lowest BCUT2D eigenvalue weighted by Crippen LogP contribution is -2.49. The SMILES string of the molecule is CCOC(=O)C1C(C)=NC(C)=C(C(=O)N[C@H](C(=O)OC(C)(C)C)C(C)C)C1c1cccc([N+](=O)[O-])c1. The van der Waals surface area contributed by atoms with Gasteiger partial charge in [-0.25, -0.2) is 4.79 Å². The van der Waals surface area contributed by atoms with Crippen LogP contribution in [-0.4, -0.2) is 46.7 Å². The zero-order chi connectivity index (χ0) is 27.4. The molecule has 0 radical (unpaired) electrons. The molecule has 2 rings (SSSR count). The van der Waals surface area contributed by atoms with Gasteiger partial charge in [0.15, 0.2) is 0 Å². The monoisotopic (exact) mass is 501 g/mol. The number of non-ortho nitro benzene ring substituents is 1. The lowest BCUT2D eigenvalue weighted by molar-refractivity contribution is -0.384. The molecule has 1 aromatic rings. The standard InChI is InChI=1S/C26H35N3O7/c1-9-35-24(31)20-16(5)27-15(4)19(21(20)17-11-10-12-18(13-17)29(33)34)23(30)28-22(14(2)3)25(32)36-26(6,7)8/h10-14,20-22H,9H2,1-8H3,(H,28,30)/t20?,21?,22-/m0/s1. The lowest BCUT2D eigenvalue weighted by atomic mass is 9.75. The second-order valence-electron chi connectivity index (χ2n) is 10.0. The third-order valence-corrected chi connectivity index (χ3v) is 5.67. The number of ether oxygens (including phenoxy) is 2. The number of amides is 1. The number of esters is 2. The van der Waals surface area contributed by atoms with Crippen molar-refractivity contribution in [2.75, 3.05) is 6.61 Å². The zero-order valence-electron chi connectivity index (χ0n) is 22.1. The molecule has 1 heterocycles. The van der Waals surface area contributed by atoms with Crippen LogP contribution in [0.5, 0.6) is 0 Å². The molecule has 10 heteroatoms. The van der Waals surface area contributed by atoms with E-state index in [0.29, 0.717) is 17.0 Å². The maximum Gasteiger partial charge on any atom is 0.329 e.